The number of likely N-dealkylation sites (tertiary alicyclic amines) is 1. The molecular formula is C19H23N5O2. The van der Waals surface area contributed by atoms with Gasteiger partial charge in [0.2, 0.25) is 5.91 Å². The first kappa shape index (κ1) is 16.6. The van der Waals surface area contributed by atoms with Crippen molar-refractivity contribution in [2.45, 2.75) is 31.2 Å². The molecule has 2 atom stereocenters. The Bertz CT molecular complexity index is 872. The molecule has 3 heterocycles. The number of methoxy groups -OCH3 is 1. The number of piperidine rings is 1. The quantitative estimate of drug-likeness (QED) is 0.638. The number of nitrogens with zero attached hydrogens (tertiary/aromatic N) is 3. The van der Waals surface area contributed by atoms with E-state index < -0.39 is 0 Å². The molecule has 0 spiro atoms. The fraction of sp³-hybridized carbons (Fsp3) is 0.421. The van der Waals surface area contributed by atoms with E-state index in [0.717, 1.165) is 42.7 Å². The van der Waals surface area contributed by atoms with Gasteiger partial charge in [-0.15, -0.1) is 0 Å². The van der Waals surface area contributed by atoms with Crippen molar-refractivity contribution in [1.82, 2.24) is 19.9 Å². The highest BCUT2D eigenvalue weighted by Crippen LogP contribution is 2.49. The summed E-state index contributed by atoms with van der Waals surface area (Å²) in [7, 11) is 1.67. The normalized spacial score (nSPS) is 23.9. The summed E-state index contributed by atoms with van der Waals surface area (Å²) in [5.41, 5.74) is 3.31. The average molecular weight is 353 g/mol. The Morgan fingerprint density at radius 2 is 2.38 bits per heavy atom. The van der Waals surface area contributed by atoms with E-state index in [2.05, 4.69) is 26.8 Å². The van der Waals surface area contributed by atoms with Gasteiger partial charge in [-0.25, -0.2) is 9.97 Å². The maximum absolute atomic E-state index is 11.9. The van der Waals surface area contributed by atoms with E-state index in [0.29, 0.717) is 12.5 Å². The van der Waals surface area contributed by atoms with Gasteiger partial charge in [-0.05, 0) is 36.5 Å². The summed E-state index contributed by atoms with van der Waals surface area (Å²) < 4.78 is 5.14. The zero-order valence-electron chi connectivity index (χ0n) is 14.9. The third-order valence-corrected chi connectivity index (χ3v) is 5.12. The average Bonchev–Trinajstić information content (AvgIpc) is 3.28. The van der Waals surface area contributed by atoms with Crippen molar-refractivity contribution >= 4 is 22.8 Å². The largest absolute Gasteiger partial charge is 0.504 e. The highest BCUT2D eigenvalue weighted by molar-refractivity contribution is 5.92. The number of amides is 1. The summed E-state index contributed by atoms with van der Waals surface area (Å²) in [6, 6.07) is 0.168. The molecule has 0 bridgehead atoms. The Kier molecular flexibility index (Phi) is 4.36. The topological polar surface area (TPSA) is 83.1 Å². The number of aromatic nitrogens is 3. The lowest BCUT2D eigenvalue weighted by molar-refractivity contribution is -0.127. The predicted octanol–water partition coefficient (Wildman–Crippen LogP) is 2.56. The molecule has 2 fully saturated rings. The SMILES string of the molecule is C=CC(=O)N1CCC[C@@H](Nc2ncnc3[nH]cc(C4C/C4=C/OC)c23)C1. The van der Waals surface area contributed by atoms with Gasteiger partial charge in [0.05, 0.1) is 18.8 Å². The fourth-order valence-corrected chi connectivity index (χ4v) is 3.76. The van der Waals surface area contributed by atoms with Gasteiger partial charge in [0.1, 0.15) is 17.8 Å². The van der Waals surface area contributed by atoms with Crippen LogP contribution in [0.5, 0.6) is 0 Å². The Hall–Kier alpha value is -2.83. The first-order valence-electron chi connectivity index (χ1n) is 8.93. The molecule has 2 aromatic heterocycles. The Morgan fingerprint density at radius 3 is 3.19 bits per heavy atom. The highest BCUT2D eigenvalue weighted by Gasteiger charge is 2.35. The molecule has 2 aromatic rings. The second-order valence-corrected chi connectivity index (χ2v) is 6.85. The maximum atomic E-state index is 11.9. The molecule has 26 heavy (non-hydrogen) atoms. The van der Waals surface area contributed by atoms with Crippen LogP contribution in [0.15, 0.2) is 37.0 Å². The van der Waals surface area contributed by atoms with Crippen LogP contribution >= 0.6 is 0 Å². The Balaban J connectivity index is 1.59. The van der Waals surface area contributed by atoms with Gasteiger partial charge in [0.15, 0.2) is 0 Å². The number of H-pyrrole nitrogens is 1. The molecule has 1 aliphatic heterocycles. The summed E-state index contributed by atoms with van der Waals surface area (Å²) >= 11 is 0. The number of carbonyl (C=O) groups is 1. The standard InChI is InChI=1S/C19H23N5O2/c1-3-16(25)24-6-4-5-13(9-24)23-19-17-15(14-7-12(14)10-26-2)8-20-18(17)21-11-22-19/h3,8,10-11,13-14H,1,4-7,9H2,2H3,(H2,20,21,22,23)/b12-10-/t13-,14?/m1/s1. The van der Waals surface area contributed by atoms with Gasteiger partial charge >= 0.3 is 0 Å². The molecule has 0 aromatic carbocycles. The summed E-state index contributed by atoms with van der Waals surface area (Å²) in [6.07, 6.45) is 9.76. The van der Waals surface area contributed by atoms with Crippen molar-refractivity contribution < 1.29 is 9.53 Å². The number of ether oxygens (including phenoxy) is 1. The van der Waals surface area contributed by atoms with Gasteiger partial charge in [-0.3, -0.25) is 4.79 Å². The van der Waals surface area contributed by atoms with Gasteiger partial charge in [0.25, 0.3) is 0 Å². The third-order valence-electron chi connectivity index (χ3n) is 5.12. The van der Waals surface area contributed by atoms with Crippen molar-refractivity contribution in [3.8, 4) is 0 Å². The third kappa shape index (κ3) is 3.05. The first-order chi connectivity index (χ1) is 12.7. The molecule has 1 saturated carbocycles. The lowest BCUT2D eigenvalue weighted by Gasteiger charge is -2.32. The molecule has 1 saturated heterocycles. The second-order valence-electron chi connectivity index (χ2n) is 6.85. The maximum Gasteiger partial charge on any atom is 0.246 e. The van der Waals surface area contributed by atoms with E-state index in [1.807, 2.05) is 17.4 Å². The number of hydrogen-bond donors (Lipinski definition) is 2. The number of anilines is 1. The van der Waals surface area contributed by atoms with Gasteiger partial charge in [-0.1, -0.05) is 6.58 Å². The van der Waals surface area contributed by atoms with E-state index in [1.54, 1.807) is 13.4 Å². The molecule has 7 heteroatoms. The summed E-state index contributed by atoms with van der Waals surface area (Å²) in [5, 5.41) is 4.57. The lowest BCUT2D eigenvalue weighted by Crippen LogP contribution is -2.44. The minimum absolute atomic E-state index is 0.0148. The predicted molar refractivity (Wildman–Crippen MR) is 99.8 cm³/mol. The molecule has 1 aliphatic carbocycles. The van der Waals surface area contributed by atoms with Crippen molar-refractivity contribution in [1.29, 1.82) is 0 Å². The number of rotatable bonds is 5. The number of hydrogen-bond acceptors (Lipinski definition) is 5. The van der Waals surface area contributed by atoms with Crippen LogP contribution in [0.25, 0.3) is 11.0 Å². The molecule has 1 amide bonds. The van der Waals surface area contributed by atoms with E-state index >= 15 is 0 Å². The zero-order chi connectivity index (χ0) is 18.1. The molecule has 136 valence electrons. The van der Waals surface area contributed by atoms with Gasteiger partial charge < -0.3 is 19.9 Å². The van der Waals surface area contributed by atoms with E-state index in [1.165, 1.54) is 17.2 Å². The minimum atomic E-state index is -0.0148. The summed E-state index contributed by atoms with van der Waals surface area (Å²) in [6.45, 7) is 5.03. The van der Waals surface area contributed by atoms with Crippen LogP contribution in [0, 0.1) is 0 Å². The van der Waals surface area contributed by atoms with Crippen LogP contribution in [0.3, 0.4) is 0 Å². The van der Waals surface area contributed by atoms with Gasteiger partial charge in [0, 0.05) is 31.2 Å². The lowest BCUT2D eigenvalue weighted by atomic mass is 10.0. The van der Waals surface area contributed by atoms with Crippen molar-refractivity contribution in [3.05, 3.63) is 42.6 Å². The van der Waals surface area contributed by atoms with Crippen molar-refractivity contribution in [2.24, 2.45) is 0 Å². The van der Waals surface area contributed by atoms with E-state index in [-0.39, 0.29) is 11.9 Å². The minimum Gasteiger partial charge on any atom is -0.504 e. The summed E-state index contributed by atoms with van der Waals surface area (Å²) in [5.74, 6) is 1.17. The smallest absolute Gasteiger partial charge is 0.246 e. The monoisotopic (exact) mass is 353 g/mol. The van der Waals surface area contributed by atoms with Crippen LogP contribution in [0.1, 0.15) is 30.7 Å². The number of aromatic amines is 1. The van der Waals surface area contributed by atoms with Crippen LogP contribution in [0.4, 0.5) is 5.82 Å². The van der Waals surface area contributed by atoms with E-state index in [4.69, 9.17) is 4.74 Å². The fourth-order valence-electron chi connectivity index (χ4n) is 3.76. The van der Waals surface area contributed by atoms with E-state index in [9.17, 15) is 4.79 Å². The van der Waals surface area contributed by atoms with Crippen molar-refractivity contribution in [3.63, 3.8) is 0 Å². The summed E-state index contributed by atoms with van der Waals surface area (Å²) in [4.78, 5) is 25.9. The Morgan fingerprint density at radius 1 is 1.50 bits per heavy atom. The number of fused-ring (bicyclic) bond motifs is 1. The highest BCUT2D eigenvalue weighted by atomic mass is 16.5. The number of carbonyl (C=O) groups excluding carboxylic acids is 1. The number of nitrogens with one attached hydrogen (secondary N) is 2. The molecule has 2 aliphatic rings. The van der Waals surface area contributed by atoms with Crippen LogP contribution in [-0.4, -0.2) is 52.0 Å². The molecule has 1 unspecified atom stereocenters. The van der Waals surface area contributed by atoms with Crippen LogP contribution < -0.4 is 5.32 Å². The molecule has 7 nitrogen and oxygen atoms in total. The van der Waals surface area contributed by atoms with Gasteiger partial charge in [-0.2, -0.15) is 0 Å². The molecule has 0 radical (unpaired) electrons. The van der Waals surface area contributed by atoms with Crippen LogP contribution in [-0.2, 0) is 9.53 Å². The second kappa shape index (κ2) is 6.82. The first-order valence-corrected chi connectivity index (χ1v) is 8.93. The molecule has 4 rings (SSSR count). The van der Waals surface area contributed by atoms with Crippen molar-refractivity contribution in [2.75, 3.05) is 25.5 Å². The molecular weight excluding hydrogens is 330 g/mol. The Labute approximate surface area is 152 Å². The van der Waals surface area contributed by atoms with Crippen LogP contribution in [0.2, 0.25) is 0 Å². The molecule has 2 N–H and O–H groups in total. The number of allylic oxidation sites excluding steroid dienone is 1. The zero-order valence-corrected chi connectivity index (χ0v) is 14.9.